The molecule has 26 heavy (non-hydrogen) atoms. The van der Waals surface area contributed by atoms with Gasteiger partial charge in [-0.2, -0.15) is 5.48 Å². The molecule has 0 saturated carbocycles. The van der Waals surface area contributed by atoms with E-state index < -0.39 is 6.23 Å². The van der Waals surface area contributed by atoms with Crippen LogP contribution < -0.4 is 5.48 Å². The maximum absolute atomic E-state index is 9.27. The number of hydrogen-bond acceptors (Lipinski definition) is 5. The molecule has 3 atom stereocenters. The molecule has 1 fully saturated rings. The molecule has 1 aliphatic heterocycles. The average molecular weight is 357 g/mol. The Labute approximate surface area is 154 Å². The lowest BCUT2D eigenvalue weighted by Gasteiger charge is -2.34. The minimum atomic E-state index is -0.399. The van der Waals surface area contributed by atoms with E-state index >= 15 is 0 Å². The van der Waals surface area contributed by atoms with Gasteiger partial charge in [-0.3, -0.25) is 0 Å². The third-order valence-electron chi connectivity index (χ3n) is 4.53. The van der Waals surface area contributed by atoms with E-state index in [-0.39, 0.29) is 12.2 Å². The van der Waals surface area contributed by atoms with Crippen LogP contribution in [0.25, 0.3) is 0 Å². The summed E-state index contributed by atoms with van der Waals surface area (Å²) in [6.07, 6.45) is 1.86. The van der Waals surface area contributed by atoms with Crippen molar-refractivity contribution in [2.24, 2.45) is 0 Å². The Balaban J connectivity index is 1.41. The number of rotatable bonds is 9. The summed E-state index contributed by atoms with van der Waals surface area (Å²) >= 11 is 0. The van der Waals surface area contributed by atoms with Crippen molar-refractivity contribution in [3.63, 3.8) is 0 Å². The lowest BCUT2D eigenvalue weighted by Crippen LogP contribution is -2.43. The van der Waals surface area contributed by atoms with Gasteiger partial charge in [0.15, 0.2) is 0 Å². The number of benzene rings is 2. The first-order chi connectivity index (χ1) is 12.8. The summed E-state index contributed by atoms with van der Waals surface area (Å²) in [5.74, 6) is 0. The van der Waals surface area contributed by atoms with Crippen molar-refractivity contribution in [3.05, 3.63) is 71.8 Å². The van der Waals surface area contributed by atoms with E-state index in [0.717, 1.165) is 24.0 Å². The lowest BCUT2D eigenvalue weighted by molar-refractivity contribution is -0.165. The second-order valence-corrected chi connectivity index (χ2v) is 6.59. The molecule has 2 aromatic carbocycles. The first kappa shape index (κ1) is 19.0. The smallest absolute Gasteiger partial charge is 0.132 e. The highest BCUT2D eigenvalue weighted by Gasteiger charge is 2.29. The van der Waals surface area contributed by atoms with Crippen LogP contribution in [-0.2, 0) is 27.4 Å². The van der Waals surface area contributed by atoms with E-state index in [0.29, 0.717) is 26.2 Å². The average Bonchev–Trinajstić information content (AvgIpc) is 2.71. The van der Waals surface area contributed by atoms with Crippen LogP contribution >= 0.6 is 0 Å². The standard InChI is InChI=1S/C21H27NO4/c23-22-21-14-20(25-16-18-9-5-2-6-10-18)13-19(26-21)11-12-24-15-17-7-3-1-4-8-17/h1-10,19-23H,11-16H2/t19-,20+,21?/m1/s1. The molecule has 5 nitrogen and oxygen atoms in total. The molecule has 2 aromatic rings. The maximum atomic E-state index is 9.27. The van der Waals surface area contributed by atoms with Crippen LogP contribution in [0, 0.1) is 0 Å². The molecule has 3 rings (SSSR count). The zero-order valence-corrected chi connectivity index (χ0v) is 14.9. The molecule has 1 aliphatic rings. The molecule has 1 unspecified atom stereocenters. The summed E-state index contributed by atoms with van der Waals surface area (Å²) in [6.45, 7) is 1.78. The second kappa shape index (κ2) is 10.4. The molecule has 0 aliphatic carbocycles. The highest BCUT2D eigenvalue weighted by Crippen LogP contribution is 2.24. The number of nitrogens with one attached hydrogen (secondary N) is 1. The highest BCUT2D eigenvalue weighted by molar-refractivity contribution is 5.14. The van der Waals surface area contributed by atoms with Gasteiger partial charge in [-0.05, 0) is 17.5 Å². The van der Waals surface area contributed by atoms with Crippen molar-refractivity contribution in [2.45, 2.75) is 50.9 Å². The van der Waals surface area contributed by atoms with Gasteiger partial charge in [0.2, 0.25) is 0 Å². The van der Waals surface area contributed by atoms with E-state index in [1.165, 1.54) is 0 Å². The Morgan fingerprint density at radius 2 is 1.58 bits per heavy atom. The first-order valence-corrected chi connectivity index (χ1v) is 9.16. The molecule has 1 heterocycles. The van der Waals surface area contributed by atoms with E-state index in [1.54, 1.807) is 0 Å². The fourth-order valence-corrected chi connectivity index (χ4v) is 3.14. The summed E-state index contributed by atoms with van der Waals surface area (Å²) in [5, 5.41) is 9.27. The third-order valence-corrected chi connectivity index (χ3v) is 4.53. The van der Waals surface area contributed by atoms with Gasteiger partial charge in [0.1, 0.15) is 6.23 Å². The van der Waals surface area contributed by atoms with Crippen molar-refractivity contribution in [2.75, 3.05) is 6.61 Å². The summed E-state index contributed by atoms with van der Waals surface area (Å²) in [6, 6.07) is 20.2. The topological polar surface area (TPSA) is 60.0 Å². The molecule has 0 radical (unpaired) electrons. The normalized spacial score (nSPS) is 23.0. The predicted molar refractivity (Wildman–Crippen MR) is 98.6 cm³/mol. The lowest BCUT2D eigenvalue weighted by atomic mass is 10.0. The molecule has 2 N–H and O–H groups in total. The van der Waals surface area contributed by atoms with Crippen LogP contribution in [0.3, 0.4) is 0 Å². The van der Waals surface area contributed by atoms with Gasteiger partial charge >= 0.3 is 0 Å². The summed E-state index contributed by atoms with van der Waals surface area (Å²) in [4.78, 5) is 0. The maximum Gasteiger partial charge on any atom is 0.132 e. The Hall–Kier alpha value is -1.76. The molecule has 0 bridgehead atoms. The van der Waals surface area contributed by atoms with Gasteiger partial charge in [-0.1, -0.05) is 60.7 Å². The van der Waals surface area contributed by atoms with Gasteiger partial charge in [-0.15, -0.1) is 0 Å². The van der Waals surface area contributed by atoms with Crippen molar-refractivity contribution in [3.8, 4) is 0 Å². The van der Waals surface area contributed by atoms with Gasteiger partial charge in [0.05, 0.1) is 25.4 Å². The summed E-state index contributed by atoms with van der Waals surface area (Å²) in [5.41, 5.74) is 4.55. The Kier molecular flexibility index (Phi) is 7.61. The highest BCUT2D eigenvalue weighted by atomic mass is 16.6. The van der Waals surface area contributed by atoms with Crippen LogP contribution in [0.15, 0.2) is 60.7 Å². The van der Waals surface area contributed by atoms with Gasteiger partial charge < -0.3 is 19.4 Å². The van der Waals surface area contributed by atoms with Crippen molar-refractivity contribution >= 4 is 0 Å². The van der Waals surface area contributed by atoms with E-state index in [1.807, 2.05) is 36.4 Å². The Morgan fingerprint density at radius 3 is 2.23 bits per heavy atom. The SMILES string of the molecule is ONC1C[C@@H](OCc2ccccc2)C[C@@H](CCOCc2ccccc2)O1. The molecule has 5 heteroatoms. The molecule has 1 saturated heterocycles. The van der Waals surface area contributed by atoms with E-state index in [2.05, 4.69) is 29.7 Å². The van der Waals surface area contributed by atoms with Crippen molar-refractivity contribution in [1.29, 1.82) is 0 Å². The van der Waals surface area contributed by atoms with Crippen LogP contribution in [0.4, 0.5) is 0 Å². The Bertz CT molecular complexity index is 622. The minimum Gasteiger partial charge on any atom is -0.377 e. The zero-order valence-electron chi connectivity index (χ0n) is 14.9. The van der Waals surface area contributed by atoms with Crippen LogP contribution in [-0.4, -0.2) is 30.2 Å². The number of hydrogen-bond donors (Lipinski definition) is 2. The van der Waals surface area contributed by atoms with Gasteiger partial charge in [-0.25, -0.2) is 0 Å². The third kappa shape index (κ3) is 6.20. The largest absolute Gasteiger partial charge is 0.377 e. The quantitative estimate of drug-likeness (QED) is 0.530. The fraction of sp³-hybridized carbons (Fsp3) is 0.429. The van der Waals surface area contributed by atoms with Crippen LogP contribution in [0.5, 0.6) is 0 Å². The van der Waals surface area contributed by atoms with E-state index in [9.17, 15) is 5.21 Å². The molecule has 140 valence electrons. The van der Waals surface area contributed by atoms with Gasteiger partial charge in [0.25, 0.3) is 0 Å². The van der Waals surface area contributed by atoms with Crippen molar-refractivity contribution < 1.29 is 19.4 Å². The number of ether oxygens (including phenoxy) is 3. The van der Waals surface area contributed by atoms with Crippen molar-refractivity contribution in [1.82, 2.24) is 5.48 Å². The fourth-order valence-electron chi connectivity index (χ4n) is 3.14. The molecular formula is C21H27NO4. The number of hydroxylamine groups is 1. The zero-order chi connectivity index (χ0) is 18.0. The molecule has 0 amide bonds. The second-order valence-electron chi connectivity index (χ2n) is 6.59. The Morgan fingerprint density at radius 1 is 0.923 bits per heavy atom. The van der Waals surface area contributed by atoms with Gasteiger partial charge in [0, 0.05) is 19.4 Å². The molecular weight excluding hydrogens is 330 g/mol. The summed E-state index contributed by atoms with van der Waals surface area (Å²) in [7, 11) is 0. The first-order valence-electron chi connectivity index (χ1n) is 9.16. The van der Waals surface area contributed by atoms with Crippen LogP contribution in [0.2, 0.25) is 0 Å². The monoisotopic (exact) mass is 357 g/mol. The summed E-state index contributed by atoms with van der Waals surface area (Å²) < 4.78 is 17.6. The van der Waals surface area contributed by atoms with E-state index in [4.69, 9.17) is 14.2 Å². The minimum absolute atomic E-state index is 0.00458. The predicted octanol–water partition coefficient (Wildman–Crippen LogP) is 3.66. The molecule has 0 aromatic heterocycles. The van der Waals surface area contributed by atoms with Crippen LogP contribution in [0.1, 0.15) is 30.4 Å². The molecule has 0 spiro atoms.